The van der Waals surface area contributed by atoms with Crippen molar-refractivity contribution in [3.8, 4) is 17.0 Å². The summed E-state index contributed by atoms with van der Waals surface area (Å²) in [6.07, 6.45) is 5.94. The van der Waals surface area contributed by atoms with Crippen LogP contribution in [0.25, 0.3) is 22.2 Å². The number of carbonyl (C=O) groups is 1. The van der Waals surface area contributed by atoms with Crippen LogP contribution in [0.15, 0.2) is 48.9 Å². The fraction of sp³-hybridized carbons (Fsp3) is 0.250. The maximum absolute atomic E-state index is 12.5. The summed E-state index contributed by atoms with van der Waals surface area (Å²) >= 11 is 11.4. The number of hydrogen-bond donors (Lipinski definition) is 1. The van der Waals surface area contributed by atoms with Gasteiger partial charge in [-0.1, -0.05) is 23.2 Å². The zero-order chi connectivity index (χ0) is 25.4. The molecule has 36 heavy (non-hydrogen) atoms. The number of aromatic amines is 1. The fourth-order valence-electron chi connectivity index (χ4n) is 4.16. The van der Waals surface area contributed by atoms with Crippen molar-refractivity contribution >= 4 is 57.2 Å². The van der Waals surface area contributed by atoms with Gasteiger partial charge in [0.05, 0.1) is 22.1 Å². The normalized spacial score (nSPS) is 16.4. The molecule has 1 amide bonds. The number of hydrogen-bond acceptors (Lipinski definition) is 7. The maximum atomic E-state index is 12.5. The number of nitrogens with zero attached hydrogens (tertiary/aromatic N) is 5. The van der Waals surface area contributed by atoms with E-state index in [9.17, 15) is 9.35 Å². The van der Waals surface area contributed by atoms with Crippen molar-refractivity contribution in [2.24, 2.45) is 0 Å². The Bertz CT molecular complexity index is 1390. The maximum Gasteiger partial charge on any atom is 0.247 e. The van der Waals surface area contributed by atoms with Gasteiger partial charge in [-0.2, -0.15) is 5.10 Å². The van der Waals surface area contributed by atoms with Gasteiger partial charge in [0.25, 0.3) is 0 Å². The molecule has 2 atom stereocenters. The average molecular weight is 545 g/mol. The van der Waals surface area contributed by atoms with Crippen LogP contribution in [0, 0.1) is 0 Å². The summed E-state index contributed by atoms with van der Waals surface area (Å²) in [5.41, 5.74) is 3.00. The molecule has 12 heteroatoms. The Balaban J connectivity index is 1.37. The van der Waals surface area contributed by atoms with Crippen molar-refractivity contribution in [1.82, 2.24) is 24.5 Å². The number of pyridine rings is 2. The molecule has 0 radical (unpaired) electrons. The number of halogens is 2. The fourth-order valence-corrected chi connectivity index (χ4v) is 5.46. The topological polar surface area (TPSA) is 110 Å². The molecule has 4 aromatic rings. The first-order valence-corrected chi connectivity index (χ1v) is 13.4. The predicted molar refractivity (Wildman–Crippen MR) is 141 cm³/mol. The smallest absolute Gasteiger partial charge is 0.247 e. The van der Waals surface area contributed by atoms with Crippen LogP contribution in [0.1, 0.15) is 18.6 Å². The highest BCUT2D eigenvalue weighted by atomic mass is 35.5. The summed E-state index contributed by atoms with van der Waals surface area (Å²) in [7, 11) is 0. The highest BCUT2D eigenvalue weighted by Crippen LogP contribution is 2.35. The molecule has 4 heterocycles. The van der Waals surface area contributed by atoms with Crippen LogP contribution in [-0.4, -0.2) is 60.8 Å². The van der Waals surface area contributed by atoms with Crippen molar-refractivity contribution in [3.63, 3.8) is 0 Å². The van der Waals surface area contributed by atoms with E-state index >= 15 is 0 Å². The molecule has 9 nitrogen and oxygen atoms in total. The number of rotatable bonds is 6. The molecule has 1 aliphatic rings. The number of H-pyrrole nitrogens is 1. The summed E-state index contributed by atoms with van der Waals surface area (Å²) < 4.78 is 19.5. The lowest BCUT2D eigenvalue weighted by Crippen LogP contribution is -2.52. The first-order valence-electron chi connectivity index (χ1n) is 11.1. The van der Waals surface area contributed by atoms with Crippen molar-refractivity contribution < 1.29 is 14.1 Å². The van der Waals surface area contributed by atoms with Gasteiger partial charge >= 0.3 is 0 Å². The highest BCUT2D eigenvalue weighted by Gasteiger charge is 2.30. The van der Waals surface area contributed by atoms with Crippen LogP contribution in [0.3, 0.4) is 0 Å². The van der Waals surface area contributed by atoms with E-state index in [4.69, 9.17) is 27.9 Å². The van der Waals surface area contributed by atoms with Crippen LogP contribution in [0.2, 0.25) is 10.0 Å². The molecule has 1 aromatic carbocycles. The standard InChI is InChI=1S/C24H22Cl2N6O3S/c1-14(23-18(25)11-27-12-19(23)26)35-16-4-5-20-17(9-16)24(30-29-20)15-3-6-21(28-10-15)32-8-7-31(36(2)34)13-22(32)33/h3-6,9-12,14H,7-8,13H2,1-2H3,(H,29,30)/t14-,36?/m1/s1. The van der Waals surface area contributed by atoms with Gasteiger partial charge in [-0.3, -0.25) is 19.8 Å². The number of carbonyl (C=O) groups excluding carboxylic acids is 1. The second-order valence-electron chi connectivity index (χ2n) is 8.29. The third-order valence-corrected chi connectivity index (χ3v) is 7.63. The molecule has 3 aromatic heterocycles. The number of fused-ring (bicyclic) bond motifs is 1. The number of amides is 1. The van der Waals surface area contributed by atoms with Gasteiger partial charge < -0.3 is 9.29 Å². The summed E-state index contributed by atoms with van der Waals surface area (Å²) in [5.74, 6) is 1.05. The number of nitrogens with one attached hydrogen (secondary N) is 1. The second-order valence-corrected chi connectivity index (χ2v) is 10.5. The molecule has 1 aliphatic heterocycles. The van der Waals surface area contributed by atoms with Crippen LogP contribution < -0.4 is 9.64 Å². The van der Waals surface area contributed by atoms with Gasteiger partial charge in [-0.25, -0.2) is 4.98 Å². The molecular formula is C24H22Cl2N6O3S. The highest BCUT2D eigenvalue weighted by molar-refractivity contribution is 7.88. The SMILES string of the molecule is C[C@@H](Oc1ccc2[nH]nc(-c3ccc(N4CCN([S+](C)[O-])CC4=O)nc3)c2c1)c1c(Cl)cncc1Cl. The Morgan fingerprint density at radius 1 is 1.14 bits per heavy atom. The number of ether oxygens (including phenoxy) is 1. The lowest BCUT2D eigenvalue weighted by atomic mass is 10.1. The monoisotopic (exact) mass is 544 g/mol. The van der Waals surface area contributed by atoms with Crippen molar-refractivity contribution in [1.29, 1.82) is 0 Å². The summed E-state index contributed by atoms with van der Waals surface area (Å²) in [6.45, 7) is 2.93. The van der Waals surface area contributed by atoms with E-state index < -0.39 is 17.5 Å². The Kier molecular flexibility index (Phi) is 7.05. The molecule has 186 valence electrons. The molecular weight excluding hydrogens is 523 g/mol. The van der Waals surface area contributed by atoms with E-state index in [0.29, 0.717) is 46.0 Å². The van der Waals surface area contributed by atoms with Crippen molar-refractivity contribution in [2.75, 3.05) is 30.8 Å². The lowest BCUT2D eigenvalue weighted by molar-refractivity contribution is -0.120. The van der Waals surface area contributed by atoms with Gasteiger partial charge in [0.1, 0.15) is 36.2 Å². The zero-order valence-corrected chi connectivity index (χ0v) is 21.8. The van der Waals surface area contributed by atoms with E-state index in [2.05, 4.69) is 20.2 Å². The van der Waals surface area contributed by atoms with Gasteiger partial charge in [-0.05, 0) is 37.3 Å². The van der Waals surface area contributed by atoms with Gasteiger partial charge in [0, 0.05) is 53.0 Å². The summed E-state index contributed by atoms with van der Waals surface area (Å²) in [4.78, 5) is 22.6. The molecule has 5 rings (SSSR count). The molecule has 0 bridgehead atoms. The van der Waals surface area contributed by atoms with E-state index in [1.54, 1.807) is 27.7 Å². The largest absolute Gasteiger partial charge is 0.598 e. The van der Waals surface area contributed by atoms with E-state index in [1.807, 2.05) is 31.2 Å². The molecule has 1 N–H and O–H groups in total. The van der Waals surface area contributed by atoms with Crippen LogP contribution in [0.5, 0.6) is 5.75 Å². The quantitative estimate of drug-likeness (QED) is 0.358. The molecule has 0 saturated carbocycles. The first kappa shape index (κ1) is 24.8. The molecule has 1 unspecified atom stereocenters. The average Bonchev–Trinajstić information content (AvgIpc) is 3.27. The van der Waals surface area contributed by atoms with Gasteiger partial charge in [0.2, 0.25) is 5.91 Å². The Labute approximate surface area is 220 Å². The Morgan fingerprint density at radius 2 is 1.92 bits per heavy atom. The minimum atomic E-state index is -1.17. The number of aromatic nitrogens is 4. The minimum Gasteiger partial charge on any atom is -0.598 e. The minimum absolute atomic E-state index is 0.105. The Hall–Kier alpha value is -2.89. The van der Waals surface area contributed by atoms with Crippen LogP contribution in [0.4, 0.5) is 5.82 Å². The summed E-state index contributed by atoms with van der Waals surface area (Å²) in [5, 5.41) is 9.24. The van der Waals surface area contributed by atoms with Crippen molar-refractivity contribution in [3.05, 3.63) is 64.5 Å². The van der Waals surface area contributed by atoms with Gasteiger partial charge in [0.15, 0.2) is 0 Å². The number of benzene rings is 1. The summed E-state index contributed by atoms with van der Waals surface area (Å²) in [6, 6.07) is 9.31. The number of anilines is 1. The molecule has 1 saturated heterocycles. The number of piperazine rings is 1. The molecule has 0 aliphatic carbocycles. The third-order valence-electron chi connectivity index (χ3n) is 5.99. The second kappa shape index (κ2) is 10.2. The lowest BCUT2D eigenvalue weighted by Gasteiger charge is -2.32. The van der Waals surface area contributed by atoms with E-state index in [1.165, 1.54) is 12.4 Å². The Morgan fingerprint density at radius 3 is 2.58 bits per heavy atom. The predicted octanol–water partition coefficient (Wildman–Crippen LogP) is 4.41. The van der Waals surface area contributed by atoms with E-state index in [-0.39, 0.29) is 12.5 Å². The molecule has 0 spiro atoms. The van der Waals surface area contributed by atoms with E-state index in [0.717, 1.165) is 16.5 Å². The van der Waals surface area contributed by atoms with Gasteiger partial charge in [-0.15, -0.1) is 4.31 Å². The first-order chi connectivity index (χ1) is 17.3. The molecule has 1 fully saturated rings. The zero-order valence-electron chi connectivity index (χ0n) is 19.4. The third kappa shape index (κ3) is 4.87. The van der Waals surface area contributed by atoms with Crippen LogP contribution in [-0.2, 0) is 16.2 Å². The van der Waals surface area contributed by atoms with Crippen molar-refractivity contribution in [2.45, 2.75) is 13.0 Å². The van der Waals surface area contributed by atoms with Crippen LogP contribution >= 0.6 is 23.2 Å².